The molecule has 1 fully saturated rings. The monoisotopic (exact) mass is 395 g/mol. The highest BCUT2D eigenvalue weighted by Crippen LogP contribution is 2.22. The zero-order valence-electron chi connectivity index (χ0n) is 10.3. The molecule has 0 radical (unpaired) electrons. The van der Waals surface area contributed by atoms with Crippen molar-refractivity contribution in [3.05, 3.63) is 27.7 Å². The standard InChI is InChI=1S/C12H14INO4S/c1-12(6-7-19(16,17)8-12)14-11(15)5-3-9-2-4-10(13)18-9/h2-5H,6-8H2,1H3,(H,14,15). The van der Waals surface area contributed by atoms with E-state index in [2.05, 4.69) is 5.32 Å². The molecule has 19 heavy (non-hydrogen) atoms. The van der Waals surface area contributed by atoms with Gasteiger partial charge in [0.2, 0.25) is 5.91 Å². The maximum atomic E-state index is 11.8. The number of sulfone groups is 1. The van der Waals surface area contributed by atoms with Crippen LogP contribution in [-0.4, -0.2) is 31.4 Å². The number of amides is 1. The summed E-state index contributed by atoms with van der Waals surface area (Å²) in [7, 11) is -3.02. The molecular formula is C12H14INO4S. The molecule has 1 atom stereocenters. The lowest BCUT2D eigenvalue weighted by Crippen LogP contribution is -2.46. The highest BCUT2D eigenvalue weighted by molar-refractivity contribution is 14.1. The van der Waals surface area contributed by atoms with Gasteiger partial charge in [0.15, 0.2) is 13.6 Å². The zero-order chi connectivity index (χ0) is 14.1. The first-order valence-electron chi connectivity index (χ1n) is 5.74. The van der Waals surface area contributed by atoms with Crippen LogP contribution in [0.3, 0.4) is 0 Å². The molecule has 0 aromatic carbocycles. The summed E-state index contributed by atoms with van der Waals surface area (Å²) >= 11 is 2.04. The number of hydrogen-bond donors (Lipinski definition) is 1. The Morgan fingerprint density at radius 1 is 1.53 bits per heavy atom. The molecule has 1 saturated heterocycles. The first kappa shape index (κ1) is 14.6. The number of carbonyl (C=O) groups excluding carboxylic acids is 1. The Labute approximate surface area is 125 Å². The van der Waals surface area contributed by atoms with Gasteiger partial charge in [-0.25, -0.2) is 8.42 Å². The number of hydrogen-bond acceptors (Lipinski definition) is 4. The largest absolute Gasteiger partial charge is 0.451 e. The molecule has 0 spiro atoms. The van der Waals surface area contributed by atoms with Crippen LogP contribution < -0.4 is 5.32 Å². The maximum absolute atomic E-state index is 11.8. The van der Waals surface area contributed by atoms with Crippen LogP contribution in [0.4, 0.5) is 0 Å². The van der Waals surface area contributed by atoms with Gasteiger partial charge in [0.25, 0.3) is 0 Å². The van der Waals surface area contributed by atoms with Crippen LogP contribution in [-0.2, 0) is 14.6 Å². The molecule has 1 amide bonds. The van der Waals surface area contributed by atoms with Gasteiger partial charge in [-0.15, -0.1) is 0 Å². The van der Waals surface area contributed by atoms with Gasteiger partial charge in [0.05, 0.1) is 17.0 Å². The molecule has 1 unspecified atom stereocenters. The SMILES string of the molecule is CC1(NC(=O)C=Cc2ccc(I)o2)CCS(=O)(=O)C1. The Morgan fingerprint density at radius 2 is 2.26 bits per heavy atom. The van der Waals surface area contributed by atoms with Crippen molar-refractivity contribution in [3.63, 3.8) is 0 Å². The molecule has 1 aromatic rings. The lowest BCUT2D eigenvalue weighted by Gasteiger charge is -2.22. The molecule has 0 saturated carbocycles. The molecule has 1 N–H and O–H groups in total. The molecule has 2 rings (SSSR count). The van der Waals surface area contributed by atoms with Gasteiger partial charge >= 0.3 is 0 Å². The fourth-order valence-electron chi connectivity index (χ4n) is 2.02. The van der Waals surface area contributed by atoms with E-state index < -0.39 is 15.4 Å². The molecule has 5 nitrogen and oxygen atoms in total. The van der Waals surface area contributed by atoms with Crippen LogP contribution in [0.5, 0.6) is 0 Å². The van der Waals surface area contributed by atoms with E-state index in [0.717, 1.165) is 3.77 Å². The fraction of sp³-hybridized carbons (Fsp3) is 0.417. The Bertz CT molecular complexity index is 619. The van der Waals surface area contributed by atoms with Crippen molar-refractivity contribution in [1.29, 1.82) is 0 Å². The summed E-state index contributed by atoms with van der Waals surface area (Å²) in [4.78, 5) is 11.8. The van der Waals surface area contributed by atoms with E-state index in [9.17, 15) is 13.2 Å². The van der Waals surface area contributed by atoms with Crippen LogP contribution in [0.15, 0.2) is 22.6 Å². The van der Waals surface area contributed by atoms with E-state index in [1.54, 1.807) is 25.1 Å². The average molecular weight is 395 g/mol. The van der Waals surface area contributed by atoms with E-state index >= 15 is 0 Å². The normalized spacial score (nSPS) is 25.8. The molecule has 1 aliphatic heterocycles. The highest BCUT2D eigenvalue weighted by Gasteiger charge is 2.39. The van der Waals surface area contributed by atoms with Gasteiger partial charge in [-0.2, -0.15) is 0 Å². The lowest BCUT2D eigenvalue weighted by atomic mass is 10.0. The smallest absolute Gasteiger partial charge is 0.244 e. The van der Waals surface area contributed by atoms with E-state index in [4.69, 9.17) is 4.42 Å². The average Bonchev–Trinajstić information content (AvgIpc) is 2.80. The third-order valence-corrected chi connectivity index (χ3v) is 5.40. The molecule has 1 aromatic heterocycles. The number of rotatable bonds is 3. The number of halogens is 1. The summed E-state index contributed by atoms with van der Waals surface area (Å²) in [5, 5.41) is 2.74. The number of nitrogens with one attached hydrogen (secondary N) is 1. The van der Waals surface area contributed by atoms with E-state index in [1.165, 1.54) is 6.08 Å². The van der Waals surface area contributed by atoms with E-state index in [1.807, 2.05) is 22.6 Å². The van der Waals surface area contributed by atoms with Gasteiger partial charge in [-0.05, 0) is 54.1 Å². The Kier molecular flexibility index (Phi) is 4.05. The van der Waals surface area contributed by atoms with Crippen LogP contribution >= 0.6 is 22.6 Å². The summed E-state index contributed by atoms with van der Waals surface area (Å²) < 4.78 is 28.9. The second-order valence-electron chi connectivity index (χ2n) is 4.87. The Balaban J connectivity index is 1.97. The predicted molar refractivity (Wildman–Crippen MR) is 80.3 cm³/mol. The summed E-state index contributed by atoms with van der Waals surface area (Å²) in [5.41, 5.74) is -0.669. The maximum Gasteiger partial charge on any atom is 0.244 e. The van der Waals surface area contributed by atoms with E-state index in [0.29, 0.717) is 12.2 Å². The van der Waals surface area contributed by atoms with Gasteiger partial charge in [-0.3, -0.25) is 4.79 Å². The minimum Gasteiger partial charge on any atom is -0.451 e. The molecular weight excluding hydrogens is 381 g/mol. The van der Waals surface area contributed by atoms with E-state index in [-0.39, 0.29) is 17.4 Å². The third kappa shape index (κ3) is 4.07. The Hall–Kier alpha value is -0.830. The summed E-state index contributed by atoms with van der Waals surface area (Å²) in [5.74, 6) is 0.400. The van der Waals surface area contributed by atoms with Crippen molar-refractivity contribution in [2.24, 2.45) is 0 Å². The molecule has 2 heterocycles. The topological polar surface area (TPSA) is 76.4 Å². The second kappa shape index (κ2) is 5.28. The van der Waals surface area contributed by atoms with Crippen molar-refractivity contribution in [1.82, 2.24) is 5.32 Å². The first-order chi connectivity index (χ1) is 8.78. The summed E-state index contributed by atoms with van der Waals surface area (Å²) in [6.45, 7) is 1.75. The van der Waals surface area contributed by atoms with Gasteiger partial charge < -0.3 is 9.73 Å². The predicted octanol–water partition coefficient (Wildman–Crippen LogP) is 1.59. The van der Waals surface area contributed by atoms with Crippen molar-refractivity contribution >= 4 is 44.4 Å². The van der Waals surface area contributed by atoms with Crippen molar-refractivity contribution in [2.45, 2.75) is 18.9 Å². The number of furan rings is 1. The van der Waals surface area contributed by atoms with Crippen molar-refractivity contribution < 1.29 is 17.6 Å². The summed E-state index contributed by atoms with van der Waals surface area (Å²) in [6, 6.07) is 3.55. The zero-order valence-corrected chi connectivity index (χ0v) is 13.3. The highest BCUT2D eigenvalue weighted by atomic mass is 127. The van der Waals surface area contributed by atoms with Crippen molar-refractivity contribution in [3.8, 4) is 0 Å². The Morgan fingerprint density at radius 3 is 2.79 bits per heavy atom. The van der Waals surface area contributed by atoms with Crippen LogP contribution in [0.25, 0.3) is 6.08 Å². The number of carbonyl (C=O) groups is 1. The minimum atomic E-state index is -3.02. The molecule has 7 heteroatoms. The second-order valence-corrected chi connectivity index (χ2v) is 8.11. The third-order valence-electron chi connectivity index (χ3n) is 2.92. The van der Waals surface area contributed by atoms with Crippen molar-refractivity contribution in [2.75, 3.05) is 11.5 Å². The van der Waals surface area contributed by atoms with Crippen LogP contribution in [0, 0.1) is 3.77 Å². The molecule has 0 bridgehead atoms. The van der Waals surface area contributed by atoms with Gasteiger partial charge in [0.1, 0.15) is 5.76 Å². The van der Waals surface area contributed by atoms with Gasteiger partial charge in [0, 0.05) is 6.08 Å². The minimum absolute atomic E-state index is 0.00176. The molecule has 0 aliphatic carbocycles. The molecule has 1 aliphatic rings. The quantitative estimate of drug-likeness (QED) is 0.623. The van der Waals surface area contributed by atoms with Crippen LogP contribution in [0.1, 0.15) is 19.1 Å². The first-order valence-corrected chi connectivity index (χ1v) is 8.64. The fourth-order valence-corrected chi connectivity index (χ4v) is 4.55. The lowest BCUT2D eigenvalue weighted by molar-refractivity contribution is -0.117. The van der Waals surface area contributed by atoms with Gasteiger partial charge in [-0.1, -0.05) is 0 Å². The summed E-state index contributed by atoms with van der Waals surface area (Å²) in [6.07, 6.45) is 3.36. The molecule has 104 valence electrons. The van der Waals surface area contributed by atoms with Crippen LogP contribution in [0.2, 0.25) is 0 Å².